The summed E-state index contributed by atoms with van der Waals surface area (Å²) < 4.78 is 35.8. The fourth-order valence-corrected chi connectivity index (χ4v) is 6.05. The molecule has 1 fully saturated rings. The molecule has 0 aliphatic carbocycles. The van der Waals surface area contributed by atoms with Crippen molar-refractivity contribution in [1.29, 1.82) is 0 Å². The smallest absolute Gasteiger partial charge is 0.235 e. The normalized spacial score (nSPS) is 19.5. The number of hydrogen-bond acceptors (Lipinski definition) is 5. The van der Waals surface area contributed by atoms with E-state index in [2.05, 4.69) is 0 Å². The highest BCUT2D eigenvalue weighted by Crippen LogP contribution is 2.45. The summed E-state index contributed by atoms with van der Waals surface area (Å²) >= 11 is 0. The minimum Gasteiger partial charge on any atom is -0.467 e. The highest BCUT2D eigenvalue weighted by Gasteiger charge is 2.41. The molecule has 1 unspecified atom stereocenters. The number of furan rings is 1. The van der Waals surface area contributed by atoms with Gasteiger partial charge in [0.25, 0.3) is 0 Å². The predicted molar refractivity (Wildman–Crippen MR) is 111 cm³/mol. The van der Waals surface area contributed by atoms with Crippen molar-refractivity contribution in [1.82, 2.24) is 4.90 Å². The second-order valence-electron chi connectivity index (χ2n) is 7.71. The summed E-state index contributed by atoms with van der Waals surface area (Å²) in [5.41, 5.74) is 1.57. The van der Waals surface area contributed by atoms with E-state index in [1.54, 1.807) is 23.3 Å². The topological polar surface area (TPSA) is 76.8 Å². The lowest BCUT2D eigenvalue weighted by molar-refractivity contribution is -0.134. The number of sulfone groups is 1. The average Bonchev–Trinajstić information content (AvgIpc) is 3.38. The highest BCUT2D eigenvalue weighted by atomic mass is 32.2. The van der Waals surface area contributed by atoms with Gasteiger partial charge in [0.05, 0.1) is 30.2 Å². The van der Waals surface area contributed by atoms with Gasteiger partial charge in [0, 0.05) is 17.2 Å². The van der Waals surface area contributed by atoms with Crippen LogP contribution in [0.25, 0.3) is 0 Å². The summed E-state index contributed by atoms with van der Waals surface area (Å²) in [5, 5.41) is 0. The van der Waals surface area contributed by atoms with Crippen molar-refractivity contribution < 1.29 is 22.4 Å². The maximum absolute atomic E-state index is 14.0. The number of benzene rings is 2. The van der Waals surface area contributed by atoms with E-state index < -0.39 is 15.8 Å². The van der Waals surface area contributed by atoms with Gasteiger partial charge in [-0.3, -0.25) is 4.79 Å². The molecule has 154 valence electrons. The van der Waals surface area contributed by atoms with Gasteiger partial charge < -0.3 is 14.1 Å². The number of amides is 1. The molecule has 0 saturated carbocycles. The van der Waals surface area contributed by atoms with Crippen molar-refractivity contribution in [2.45, 2.75) is 24.9 Å². The lowest BCUT2D eigenvalue weighted by Gasteiger charge is -2.34. The highest BCUT2D eigenvalue weighted by molar-refractivity contribution is 7.91. The molecule has 1 saturated heterocycles. The van der Waals surface area contributed by atoms with Crippen LogP contribution in [0.5, 0.6) is 11.5 Å². The molecule has 3 heterocycles. The van der Waals surface area contributed by atoms with Crippen molar-refractivity contribution >= 4 is 15.7 Å². The molecule has 2 aliphatic heterocycles. The van der Waals surface area contributed by atoms with Gasteiger partial charge in [-0.1, -0.05) is 36.4 Å². The first-order valence-electron chi connectivity index (χ1n) is 9.91. The van der Waals surface area contributed by atoms with Crippen LogP contribution < -0.4 is 4.74 Å². The van der Waals surface area contributed by atoms with Crippen molar-refractivity contribution in [2.24, 2.45) is 0 Å². The third kappa shape index (κ3) is 3.39. The number of hydrogen-bond donors (Lipinski definition) is 0. The van der Waals surface area contributed by atoms with Gasteiger partial charge in [0.1, 0.15) is 17.3 Å². The molecule has 1 amide bonds. The Balaban J connectivity index is 1.58. The molecule has 0 spiro atoms. The van der Waals surface area contributed by atoms with Gasteiger partial charge in [0.15, 0.2) is 9.84 Å². The van der Waals surface area contributed by atoms with Crippen molar-refractivity contribution in [2.75, 3.05) is 11.5 Å². The second kappa shape index (κ2) is 7.32. The molecule has 3 aromatic rings. The van der Waals surface area contributed by atoms with Crippen LogP contribution in [-0.4, -0.2) is 36.8 Å². The van der Waals surface area contributed by atoms with E-state index in [-0.39, 0.29) is 30.0 Å². The van der Waals surface area contributed by atoms with Gasteiger partial charge in [-0.05, 0) is 30.7 Å². The summed E-state index contributed by atoms with van der Waals surface area (Å²) in [5.74, 6) is 1.28. The van der Waals surface area contributed by atoms with E-state index in [4.69, 9.17) is 9.15 Å². The van der Waals surface area contributed by atoms with Gasteiger partial charge in [-0.2, -0.15) is 0 Å². The number of carbonyl (C=O) groups excluding carboxylic acids is 1. The number of ether oxygens (including phenoxy) is 1. The Bertz CT molecular complexity index is 1140. The number of para-hydroxylation sites is 2. The quantitative estimate of drug-likeness (QED) is 0.639. The summed E-state index contributed by atoms with van der Waals surface area (Å²) in [7, 11) is -3.15. The van der Waals surface area contributed by atoms with E-state index in [0.717, 1.165) is 11.1 Å². The van der Waals surface area contributed by atoms with Gasteiger partial charge in [0.2, 0.25) is 5.91 Å². The Morgan fingerprint density at radius 1 is 0.967 bits per heavy atom. The molecule has 0 radical (unpaired) electrons. The molecule has 0 N–H and O–H groups in total. The fraction of sp³-hybridized carbons (Fsp3) is 0.261. The first-order valence-corrected chi connectivity index (χ1v) is 11.7. The van der Waals surface area contributed by atoms with Crippen LogP contribution >= 0.6 is 0 Å². The van der Waals surface area contributed by atoms with E-state index >= 15 is 0 Å². The SMILES string of the molecule is O=C(C1c2ccccc2Oc2ccccc21)N(Cc1ccco1)C1CCS(=O)(=O)C1. The van der Waals surface area contributed by atoms with Crippen molar-refractivity contribution in [3.05, 3.63) is 83.8 Å². The summed E-state index contributed by atoms with van der Waals surface area (Å²) in [6, 6.07) is 18.2. The molecule has 5 rings (SSSR count). The molecule has 30 heavy (non-hydrogen) atoms. The Kier molecular flexibility index (Phi) is 4.62. The molecule has 1 atom stereocenters. The zero-order valence-corrected chi connectivity index (χ0v) is 17.0. The lowest BCUT2D eigenvalue weighted by atomic mass is 9.86. The van der Waals surface area contributed by atoms with Crippen LogP contribution in [-0.2, 0) is 21.2 Å². The maximum atomic E-state index is 14.0. The zero-order valence-electron chi connectivity index (χ0n) is 16.2. The molecule has 2 aromatic carbocycles. The molecule has 1 aromatic heterocycles. The third-order valence-corrected chi connectivity index (χ3v) is 7.52. The van der Waals surface area contributed by atoms with E-state index in [1.165, 1.54) is 0 Å². The largest absolute Gasteiger partial charge is 0.467 e. The average molecular weight is 423 g/mol. The number of rotatable bonds is 4. The Labute approximate surface area is 175 Å². The summed E-state index contributed by atoms with van der Waals surface area (Å²) in [6.45, 7) is 0.230. The van der Waals surface area contributed by atoms with Crippen LogP contribution in [0.3, 0.4) is 0 Å². The van der Waals surface area contributed by atoms with E-state index in [1.807, 2.05) is 48.5 Å². The molecule has 0 bridgehead atoms. The van der Waals surface area contributed by atoms with Gasteiger partial charge in [-0.15, -0.1) is 0 Å². The minimum absolute atomic E-state index is 0.0219. The maximum Gasteiger partial charge on any atom is 0.235 e. The van der Waals surface area contributed by atoms with E-state index in [9.17, 15) is 13.2 Å². The number of fused-ring (bicyclic) bond motifs is 2. The fourth-order valence-electron chi connectivity index (χ4n) is 4.32. The Morgan fingerprint density at radius 3 is 2.20 bits per heavy atom. The summed E-state index contributed by atoms with van der Waals surface area (Å²) in [6.07, 6.45) is 1.99. The minimum atomic E-state index is -3.15. The molecular formula is C23H21NO5S. The molecule has 7 heteroatoms. The Morgan fingerprint density at radius 2 is 1.63 bits per heavy atom. The molecular weight excluding hydrogens is 402 g/mol. The predicted octanol–water partition coefficient (Wildman–Crippen LogP) is 3.73. The van der Waals surface area contributed by atoms with Gasteiger partial charge >= 0.3 is 0 Å². The second-order valence-corrected chi connectivity index (χ2v) is 9.94. The third-order valence-electron chi connectivity index (χ3n) is 5.77. The van der Waals surface area contributed by atoms with E-state index in [0.29, 0.717) is 23.7 Å². The number of nitrogens with zero attached hydrogens (tertiary/aromatic N) is 1. The molecule has 2 aliphatic rings. The first kappa shape index (κ1) is 18.9. The van der Waals surface area contributed by atoms with Crippen LogP contribution in [0.1, 0.15) is 29.2 Å². The van der Waals surface area contributed by atoms with Crippen LogP contribution in [0.2, 0.25) is 0 Å². The lowest BCUT2D eigenvalue weighted by Crippen LogP contribution is -2.43. The monoisotopic (exact) mass is 423 g/mol. The van der Waals surface area contributed by atoms with Crippen LogP contribution in [0, 0.1) is 0 Å². The van der Waals surface area contributed by atoms with Crippen molar-refractivity contribution in [3.8, 4) is 11.5 Å². The molecule has 6 nitrogen and oxygen atoms in total. The first-order chi connectivity index (χ1) is 14.5. The Hall–Kier alpha value is -3.06. The van der Waals surface area contributed by atoms with Crippen molar-refractivity contribution in [3.63, 3.8) is 0 Å². The zero-order chi connectivity index (χ0) is 20.7. The van der Waals surface area contributed by atoms with Crippen LogP contribution in [0.15, 0.2) is 71.3 Å². The van der Waals surface area contributed by atoms with Crippen LogP contribution in [0.4, 0.5) is 0 Å². The van der Waals surface area contributed by atoms with Gasteiger partial charge in [-0.25, -0.2) is 8.42 Å². The number of carbonyl (C=O) groups is 1. The summed E-state index contributed by atoms with van der Waals surface area (Å²) in [4.78, 5) is 15.7. The standard InChI is InChI=1S/C23H21NO5S/c25-23(24(14-17-6-5-12-28-17)16-11-13-30(26,27)15-16)22-18-7-1-3-9-20(18)29-21-10-4-2-8-19(21)22/h1-10,12,16,22H,11,13-15H2.